The highest BCUT2D eigenvalue weighted by Crippen LogP contribution is 2.41. The van der Waals surface area contributed by atoms with Crippen molar-refractivity contribution >= 4 is 11.9 Å². The Morgan fingerprint density at radius 2 is 2.09 bits per heavy atom. The van der Waals surface area contributed by atoms with Crippen LogP contribution in [0.2, 0.25) is 0 Å². The third-order valence-electron chi connectivity index (χ3n) is 4.99. The summed E-state index contributed by atoms with van der Waals surface area (Å²) in [6.07, 6.45) is 4.49. The summed E-state index contributed by atoms with van der Waals surface area (Å²) >= 11 is 0. The molecule has 5 nitrogen and oxygen atoms in total. The fourth-order valence-corrected chi connectivity index (χ4v) is 3.73. The van der Waals surface area contributed by atoms with E-state index in [1.165, 1.54) is 16.0 Å². The second kappa shape index (κ2) is 5.39. The number of benzene rings is 1. The molecule has 1 N–H and O–H groups in total. The molecule has 4 rings (SSSR count). The molecule has 0 aromatic heterocycles. The molecule has 1 aromatic carbocycles. The molecule has 0 bridgehead atoms. The number of aryl methyl sites for hydroxylation is 1. The van der Waals surface area contributed by atoms with Gasteiger partial charge in [-0.25, -0.2) is 4.79 Å². The molecule has 0 spiro atoms. The molecule has 3 amide bonds. The summed E-state index contributed by atoms with van der Waals surface area (Å²) in [5, 5.41) is 2.70. The van der Waals surface area contributed by atoms with E-state index >= 15 is 0 Å². The molecule has 2 fully saturated rings. The van der Waals surface area contributed by atoms with Gasteiger partial charge in [-0.05, 0) is 36.8 Å². The molecule has 0 radical (unpaired) electrons. The normalized spacial score (nSPS) is 23.8. The Bertz CT molecular complexity index is 612. The maximum absolute atomic E-state index is 12.5. The van der Waals surface area contributed by atoms with E-state index in [-0.39, 0.29) is 11.9 Å². The van der Waals surface area contributed by atoms with Gasteiger partial charge in [0.25, 0.3) is 0 Å². The zero-order chi connectivity index (χ0) is 15.1. The van der Waals surface area contributed by atoms with Crippen molar-refractivity contribution < 1.29 is 9.59 Å². The molecule has 1 saturated heterocycles. The summed E-state index contributed by atoms with van der Waals surface area (Å²) in [5.41, 5.74) is 2.78. The molecule has 1 atom stereocenters. The summed E-state index contributed by atoms with van der Waals surface area (Å²) in [6.45, 7) is 1.43. The number of nitrogens with zero attached hydrogens (tertiary/aromatic N) is 2. The molecular weight excluding hydrogens is 278 g/mol. The molecule has 22 heavy (non-hydrogen) atoms. The monoisotopic (exact) mass is 299 g/mol. The van der Waals surface area contributed by atoms with Crippen LogP contribution < -0.4 is 5.32 Å². The minimum atomic E-state index is -0.243. The van der Waals surface area contributed by atoms with Crippen LogP contribution in [0, 0.1) is 0 Å². The molecule has 116 valence electrons. The van der Waals surface area contributed by atoms with Crippen molar-refractivity contribution in [1.29, 1.82) is 0 Å². The lowest BCUT2D eigenvalue weighted by Crippen LogP contribution is -2.43. The van der Waals surface area contributed by atoms with Gasteiger partial charge in [0.1, 0.15) is 0 Å². The number of urea groups is 1. The van der Waals surface area contributed by atoms with Gasteiger partial charge in [-0.3, -0.25) is 14.6 Å². The summed E-state index contributed by atoms with van der Waals surface area (Å²) in [5.74, 6) is -0.0636. The number of rotatable bonds is 4. The van der Waals surface area contributed by atoms with Crippen LogP contribution in [0.15, 0.2) is 24.3 Å². The van der Waals surface area contributed by atoms with Gasteiger partial charge in [0, 0.05) is 25.2 Å². The van der Waals surface area contributed by atoms with Crippen molar-refractivity contribution in [2.75, 3.05) is 19.6 Å². The van der Waals surface area contributed by atoms with Gasteiger partial charge in [0.15, 0.2) is 0 Å². The SMILES string of the molecule is O=C(CN(C1CC1)[C@H]1CCc2ccccc21)N1CCNC1=O. The maximum atomic E-state index is 12.5. The highest BCUT2D eigenvalue weighted by Gasteiger charge is 2.39. The fourth-order valence-electron chi connectivity index (χ4n) is 3.73. The first kappa shape index (κ1) is 13.8. The molecule has 2 aliphatic carbocycles. The minimum Gasteiger partial charge on any atom is -0.336 e. The summed E-state index contributed by atoms with van der Waals surface area (Å²) in [6, 6.07) is 9.14. The predicted molar refractivity (Wildman–Crippen MR) is 82.3 cm³/mol. The quantitative estimate of drug-likeness (QED) is 0.920. The van der Waals surface area contributed by atoms with Gasteiger partial charge in [-0.15, -0.1) is 0 Å². The molecule has 1 saturated carbocycles. The molecule has 1 aromatic rings. The third kappa shape index (κ3) is 2.39. The Balaban J connectivity index is 1.53. The summed E-state index contributed by atoms with van der Waals surface area (Å²) < 4.78 is 0. The minimum absolute atomic E-state index is 0.0636. The lowest BCUT2D eigenvalue weighted by molar-refractivity contribution is -0.129. The van der Waals surface area contributed by atoms with Gasteiger partial charge in [0.05, 0.1) is 6.54 Å². The second-order valence-electron chi connectivity index (χ2n) is 6.43. The number of carbonyl (C=O) groups excluding carboxylic acids is 2. The Kier molecular flexibility index (Phi) is 3.37. The first-order valence-electron chi connectivity index (χ1n) is 8.16. The van der Waals surface area contributed by atoms with Crippen LogP contribution in [0.5, 0.6) is 0 Å². The van der Waals surface area contributed by atoms with E-state index in [4.69, 9.17) is 0 Å². The van der Waals surface area contributed by atoms with Gasteiger partial charge < -0.3 is 5.32 Å². The van der Waals surface area contributed by atoms with Gasteiger partial charge in [0.2, 0.25) is 5.91 Å². The van der Waals surface area contributed by atoms with Crippen LogP contribution in [-0.2, 0) is 11.2 Å². The molecular formula is C17H21N3O2. The largest absolute Gasteiger partial charge is 0.336 e. The summed E-state index contributed by atoms with van der Waals surface area (Å²) in [4.78, 5) is 27.9. The number of carbonyl (C=O) groups is 2. The number of nitrogens with one attached hydrogen (secondary N) is 1. The first-order chi connectivity index (χ1) is 10.7. The highest BCUT2D eigenvalue weighted by atomic mass is 16.2. The molecule has 1 aliphatic heterocycles. The predicted octanol–water partition coefficient (Wildman–Crippen LogP) is 1.69. The first-order valence-corrected chi connectivity index (χ1v) is 8.16. The standard InChI is InChI=1S/C17H21N3O2/c21-16(19-10-9-18-17(19)22)11-20(13-6-7-13)15-8-5-12-3-1-2-4-14(12)15/h1-4,13,15H,5-11H2,(H,18,22)/t15-/m0/s1. The lowest BCUT2D eigenvalue weighted by Gasteiger charge is -2.30. The van der Waals surface area contributed by atoms with Gasteiger partial charge in [-0.1, -0.05) is 24.3 Å². The Labute approximate surface area is 130 Å². The number of amides is 3. The zero-order valence-electron chi connectivity index (χ0n) is 12.6. The molecule has 1 heterocycles. The van der Waals surface area contributed by atoms with Crippen LogP contribution in [0.1, 0.15) is 36.4 Å². The van der Waals surface area contributed by atoms with Crippen molar-refractivity contribution in [2.24, 2.45) is 0 Å². The number of hydrogen-bond donors (Lipinski definition) is 1. The van der Waals surface area contributed by atoms with E-state index in [0.29, 0.717) is 31.7 Å². The van der Waals surface area contributed by atoms with Crippen LogP contribution in [-0.4, -0.2) is 47.4 Å². The third-order valence-corrected chi connectivity index (χ3v) is 4.99. The smallest absolute Gasteiger partial charge is 0.324 e. The van der Waals surface area contributed by atoms with Crippen LogP contribution >= 0.6 is 0 Å². The topological polar surface area (TPSA) is 52.7 Å². The van der Waals surface area contributed by atoms with E-state index in [9.17, 15) is 9.59 Å². The van der Waals surface area contributed by atoms with E-state index in [1.807, 2.05) is 0 Å². The Hall–Kier alpha value is -1.88. The lowest BCUT2D eigenvalue weighted by atomic mass is 10.1. The van der Waals surface area contributed by atoms with E-state index in [1.54, 1.807) is 0 Å². The zero-order valence-corrected chi connectivity index (χ0v) is 12.6. The second-order valence-corrected chi connectivity index (χ2v) is 6.43. The van der Waals surface area contributed by atoms with Crippen LogP contribution in [0.25, 0.3) is 0 Å². The van der Waals surface area contributed by atoms with Crippen LogP contribution in [0.4, 0.5) is 4.79 Å². The van der Waals surface area contributed by atoms with Crippen molar-refractivity contribution in [2.45, 2.75) is 37.8 Å². The molecule has 0 unspecified atom stereocenters. The molecule has 5 heteroatoms. The number of fused-ring (bicyclic) bond motifs is 1. The van der Waals surface area contributed by atoms with Crippen molar-refractivity contribution in [3.8, 4) is 0 Å². The van der Waals surface area contributed by atoms with Crippen molar-refractivity contribution in [3.63, 3.8) is 0 Å². The van der Waals surface area contributed by atoms with E-state index < -0.39 is 0 Å². The molecule has 3 aliphatic rings. The van der Waals surface area contributed by atoms with Crippen LogP contribution in [0.3, 0.4) is 0 Å². The number of imide groups is 1. The van der Waals surface area contributed by atoms with E-state index in [2.05, 4.69) is 34.5 Å². The average Bonchev–Trinajstić information content (AvgIpc) is 3.14. The average molecular weight is 299 g/mol. The van der Waals surface area contributed by atoms with Gasteiger partial charge in [-0.2, -0.15) is 0 Å². The highest BCUT2D eigenvalue weighted by molar-refractivity contribution is 5.96. The maximum Gasteiger partial charge on any atom is 0.324 e. The van der Waals surface area contributed by atoms with Crippen molar-refractivity contribution in [1.82, 2.24) is 15.1 Å². The number of hydrogen-bond acceptors (Lipinski definition) is 3. The summed E-state index contributed by atoms with van der Waals surface area (Å²) in [7, 11) is 0. The van der Waals surface area contributed by atoms with Gasteiger partial charge >= 0.3 is 6.03 Å². The van der Waals surface area contributed by atoms with E-state index in [0.717, 1.165) is 25.7 Å². The fraction of sp³-hybridized carbons (Fsp3) is 0.529. The Morgan fingerprint density at radius 3 is 2.82 bits per heavy atom. The Morgan fingerprint density at radius 1 is 1.27 bits per heavy atom. The van der Waals surface area contributed by atoms with Crippen molar-refractivity contribution in [3.05, 3.63) is 35.4 Å².